The van der Waals surface area contributed by atoms with Crippen molar-refractivity contribution in [2.24, 2.45) is 0 Å². The fourth-order valence-corrected chi connectivity index (χ4v) is 4.16. The van der Waals surface area contributed by atoms with Gasteiger partial charge >= 0.3 is 0 Å². The number of ether oxygens (including phenoxy) is 1. The summed E-state index contributed by atoms with van der Waals surface area (Å²) in [6, 6.07) is 0. The quantitative estimate of drug-likeness (QED) is 0.376. The topological polar surface area (TPSA) is 69.6 Å². The van der Waals surface area contributed by atoms with Crippen LogP contribution < -0.4 is 5.11 Å². The second-order valence-electron chi connectivity index (χ2n) is 8.82. The van der Waals surface area contributed by atoms with Gasteiger partial charge in [-0.15, -0.1) is 0 Å². The summed E-state index contributed by atoms with van der Waals surface area (Å²) in [4.78, 5) is 10.9. The summed E-state index contributed by atoms with van der Waals surface area (Å²) in [5, 5.41) is 21.7. The number of carboxylic acid groups (broad SMARTS) is 1. The van der Waals surface area contributed by atoms with Gasteiger partial charge in [-0.2, -0.15) is 0 Å². The predicted molar refractivity (Wildman–Crippen MR) is 102 cm³/mol. The lowest BCUT2D eigenvalue weighted by molar-refractivity contribution is -0.915. The zero-order valence-electron chi connectivity index (χ0n) is 17.3. The van der Waals surface area contributed by atoms with E-state index in [9.17, 15) is 15.0 Å². The van der Waals surface area contributed by atoms with Crippen LogP contribution in [0.3, 0.4) is 0 Å². The van der Waals surface area contributed by atoms with Crippen LogP contribution in [0.25, 0.3) is 0 Å². The smallest absolute Gasteiger partial charge is 0.216 e. The first-order valence-corrected chi connectivity index (χ1v) is 10.7. The maximum Gasteiger partial charge on any atom is 0.216 e. The number of aliphatic hydroxyl groups is 1. The summed E-state index contributed by atoms with van der Waals surface area (Å²) in [5.74, 6) is -2.32. The van der Waals surface area contributed by atoms with Crippen LogP contribution in [-0.4, -0.2) is 54.6 Å². The molecule has 1 rings (SSSR count). The van der Waals surface area contributed by atoms with E-state index in [2.05, 4.69) is 6.92 Å². The first kappa shape index (κ1) is 23.4. The Bertz CT molecular complexity index is 399. The Morgan fingerprint density at radius 3 is 2.04 bits per heavy atom. The third-order valence-corrected chi connectivity index (χ3v) is 5.32. The van der Waals surface area contributed by atoms with Crippen LogP contribution in [0.4, 0.5) is 0 Å². The van der Waals surface area contributed by atoms with Crippen LogP contribution in [0.5, 0.6) is 0 Å². The molecule has 0 unspecified atom stereocenters. The van der Waals surface area contributed by atoms with Gasteiger partial charge in [-0.3, -0.25) is 0 Å². The number of nitrogens with zero attached hydrogens (tertiary/aromatic N) is 1. The average molecular weight is 372 g/mol. The molecule has 154 valence electrons. The molecule has 0 spiro atoms. The Morgan fingerprint density at radius 1 is 1.04 bits per heavy atom. The predicted octanol–water partition coefficient (Wildman–Crippen LogP) is 2.99. The zero-order valence-corrected chi connectivity index (χ0v) is 17.3. The number of carboxylic acids is 1. The van der Waals surface area contributed by atoms with E-state index in [1.807, 2.05) is 14.1 Å². The van der Waals surface area contributed by atoms with E-state index in [1.165, 1.54) is 57.8 Å². The molecule has 0 aliphatic carbocycles. The SMILES string of the molecule is CCCCCCCCCCCCC[C@@]1(O)C[N+](C)(C)C[C@@H](CC(=O)[O-])O1. The number of carbonyl (C=O) groups excluding carboxylic acids is 1. The molecule has 0 aromatic carbocycles. The van der Waals surface area contributed by atoms with Crippen molar-refractivity contribution in [3.63, 3.8) is 0 Å². The fraction of sp³-hybridized carbons (Fsp3) is 0.952. The van der Waals surface area contributed by atoms with Crippen LogP contribution >= 0.6 is 0 Å². The monoisotopic (exact) mass is 371 g/mol. The molecule has 0 saturated carbocycles. The average Bonchev–Trinajstić information content (AvgIpc) is 2.50. The molecule has 1 heterocycles. The highest BCUT2D eigenvalue weighted by Gasteiger charge is 2.44. The van der Waals surface area contributed by atoms with Crippen molar-refractivity contribution in [2.45, 2.75) is 102 Å². The molecule has 1 aliphatic heterocycles. The third-order valence-electron chi connectivity index (χ3n) is 5.32. The summed E-state index contributed by atoms with van der Waals surface area (Å²) >= 11 is 0. The van der Waals surface area contributed by atoms with Gasteiger partial charge in [0.05, 0.1) is 14.1 Å². The van der Waals surface area contributed by atoms with Gasteiger partial charge in [-0.05, 0) is 6.42 Å². The molecule has 0 radical (unpaired) electrons. The van der Waals surface area contributed by atoms with E-state index >= 15 is 0 Å². The second-order valence-corrected chi connectivity index (χ2v) is 8.82. The highest BCUT2D eigenvalue weighted by atomic mass is 16.6. The minimum absolute atomic E-state index is 0.151. The maximum atomic E-state index is 10.9. The number of hydrogen-bond acceptors (Lipinski definition) is 4. The molecular formula is C21H41NO4. The summed E-state index contributed by atoms with van der Waals surface area (Å²) in [6.45, 7) is 3.35. The molecule has 1 aliphatic rings. The van der Waals surface area contributed by atoms with E-state index < -0.39 is 17.9 Å². The molecular weight excluding hydrogens is 330 g/mol. The van der Waals surface area contributed by atoms with E-state index in [0.717, 1.165) is 12.8 Å². The van der Waals surface area contributed by atoms with Gasteiger partial charge in [0.2, 0.25) is 5.79 Å². The number of carbonyl (C=O) groups is 1. The van der Waals surface area contributed by atoms with Crippen molar-refractivity contribution in [3.05, 3.63) is 0 Å². The largest absolute Gasteiger partial charge is 0.550 e. The van der Waals surface area contributed by atoms with Gasteiger partial charge in [-0.25, -0.2) is 0 Å². The van der Waals surface area contributed by atoms with Crippen LogP contribution in [0.15, 0.2) is 0 Å². The Hall–Kier alpha value is -0.650. The van der Waals surface area contributed by atoms with Gasteiger partial charge in [-0.1, -0.05) is 71.1 Å². The summed E-state index contributed by atoms with van der Waals surface area (Å²) < 4.78 is 6.31. The van der Waals surface area contributed by atoms with Gasteiger partial charge in [0, 0.05) is 18.8 Å². The number of quaternary nitrogens is 1. The Morgan fingerprint density at radius 2 is 1.54 bits per heavy atom. The van der Waals surface area contributed by atoms with Crippen molar-refractivity contribution in [3.8, 4) is 0 Å². The van der Waals surface area contributed by atoms with Crippen molar-refractivity contribution in [1.82, 2.24) is 0 Å². The number of hydrogen-bond donors (Lipinski definition) is 1. The minimum Gasteiger partial charge on any atom is -0.550 e. The fourth-order valence-electron chi connectivity index (χ4n) is 4.16. The van der Waals surface area contributed by atoms with Crippen LogP contribution in [0, 0.1) is 0 Å². The summed E-state index contributed by atoms with van der Waals surface area (Å²) in [7, 11) is 4.02. The summed E-state index contributed by atoms with van der Waals surface area (Å²) in [6.07, 6.45) is 13.9. The first-order chi connectivity index (χ1) is 12.3. The van der Waals surface area contributed by atoms with Crippen LogP contribution in [0.1, 0.15) is 90.4 Å². The van der Waals surface area contributed by atoms with Gasteiger partial charge < -0.3 is 24.2 Å². The normalized spacial score (nSPS) is 25.3. The van der Waals surface area contributed by atoms with Crippen LogP contribution in [-0.2, 0) is 9.53 Å². The summed E-state index contributed by atoms with van der Waals surface area (Å²) in [5.41, 5.74) is 0. The highest BCUT2D eigenvalue weighted by molar-refractivity contribution is 5.64. The number of rotatable bonds is 14. The Balaban J connectivity index is 2.15. The molecule has 0 amide bonds. The van der Waals surface area contributed by atoms with Crippen molar-refractivity contribution in [2.75, 3.05) is 27.2 Å². The lowest BCUT2D eigenvalue weighted by atomic mass is 10.0. The Kier molecular flexibility index (Phi) is 10.7. The molecule has 26 heavy (non-hydrogen) atoms. The molecule has 1 N–H and O–H groups in total. The molecule has 2 atom stereocenters. The minimum atomic E-state index is -1.21. The first-order valence-electron chi connectivity index (χ1n) is 10.7. The third kappa shape index (κ3) is 10.5. The molecule has 0 aromatic rings. The highest BCUT2D eigenvalue weighted by Crippen LogP contribution is 2.29. The van der Waals surface area contributed by atoms with Gasteiger partial charge in [0.15, 0.2) is 0 Å². The van der Waals surface area contributed by atoms with Crippen LogP contribution in [0.2, 0.25) is 0 Å². The van der Waals surface area contributed by atoms with E-state index in [1.54, 1.807) is 0 Å². The van der Waals surface area contributed by atoms with E-state index in [0.29, 0.717) is 24.0 Å². The van der Waals surface area contributed by atoms with Gasteiger partial charge in [0.25, 0.3) is 0 Å². The number of unbranched alkanes of at least 4 members (excludes halogenated alkanes) is 10. The van der Waals surface area contributed by atoms with E-state index in [-0.39, 0.29) is 6.42 Å². The van der Waals surface area contributed by atoms with Crippen molar-refractivity contribution < 1.29 is 24.2 Å². The lowest BCUT2D eigenvalue weighted by Gasteiger charge is -2.46. The molecule has 5 nitrogen and oxygen atoms in total. The number of aliphatic carboxylic acids is 1. The van der Waals surface area contributed by atoms with Crippen molar-refractivity contribution in [1.29, 1.82) is 0 Å². The molecule has 1 fully saturated rings. The molecule has 1 saturated heterocycles. The molecule has 0 bridgehead atoms. The second kappa shape index (κ2) is 11.9. The lowest BCUT2D eigenvalue weighted by Crippen LogP contribution is -2.63. The number of likely N-dealkylation sites (N-methyl/N-ethyl adjacent to an activating group) is 1. The standard InChI is InChI=1S/C21H41NO4/c1-4-5-6-7-8-9-10-11-12-13-14-15-21(25)18-22(2,3)17-19(26-21)16-20(23)24/h19,25H,4-18H2,1-3H3/t19-,21+/m1/s1. The zero-order chi connectivity index (χ0) is 19.5. The molecule has 0 aromatic heterocycles. The number of morpholine rings is 1. The van der Waals surface area contributed by atoms with Gasteiger partial charge in [0.1, 0.15) is 19.2 Å². The molecule has 5 heteroatoms. The maximum absolute atomic E-state index is 10.9. The Labute approximate surface area is 160 Å². The van der Waals surface area contributed by atoms with E-state index in [4.69, 9.17) is 4.74 Å². The van der Waals surface area contributed by atoms with Crippen molar-refractivity contribution >= 4 is 5.97 Å².